The molecule has 164 valence electrons. The molecule has 1 saturated carbocycles. The van der Waals surface area contributed by atoms with Gasteiger partial charge in [0.25, 0.3) is 5.91 Å². The van der Waals surface area contributed by atoms with Gasteiger partial charge in [0.1, 0.15) is 11.9 Å². The summed E-state index contributed by atoms with van der Waals surface area (Å²) in [4.78, 5) is 25.0. The highest BCUT2D eigenvalue weighted by molar-refractivity contribution is 5.96. The Kier molecular flexibility index (Phi) is 6.13. The lowest BCUT2D eigenvalue weighted by Crippen LogP contribution is -2.23. The van der Waals surface area contributed by atoms with E-state index >= 15 is 0 Å². The molecule has 1 fully saturated rings. The monoisotopic (exact) mass is 430 g/mol. The maximum atomic E-state index is 12.6. The van der Waals surface area contributed by atoms with E-state index in [9.17, 15) is 14.9 Å². The SMILES string of the molecule is Cc1c(C#N)c(NC(=O)COC(=O)c2ccc(-n3cccc3)cc2)n(C2CCCC2)c1C. The third-order valence-corrected chi connectivity index (χ3v) is 6.16. The molecule has 1 amide bonds. The molecule has 0 spiro atoms. The number of aromatic nitrogens is 2. The molecule has 0 radical (unpaired) electrons. The van der Waals surface area contributed by atoms with Crippen molar-refractivity contribution in [1.82, 2.24) is 9.13 Å². The fourth-order valence-corrected chi connectivity index (χ4v) is 4.36. The zero-order chi connectivity index (χ0) is 22.7. The molecule has 0 atom stereocenters. The number of ether oxygens (including phenoxy) is 1. The van der Waals surface area contributed by atoms with Crippen LogP contribution in [0.1, 0.15) is 58.9 Å². The normalized spacial score (nSPS) is 13.7. The molecule has 4 rings (SSSR count). The van der Waals surface area contributed by atoms with Gasteiger partial charge in [-0.3, -0.25) is 4.79 Å². The number of anilines is 1. The zero-order valence-corrected chi connectivity index (χ0v) is 18.3. The van der Waals surface area contributed by atoms with Crippen molar-refractivity contribution in [3.8, 4) is 11.8 Å². The smallest absolute Gasteiger partial charge is 0.338 e. The van der Waals surface area contributed by atoms with Crippen molar-refractivity contribution in [3.05, 3.63) is 71.2 Å². The van der Waals surface area contributed by atoms with Crippen LogP contribution in [0.2, 0.25) is 0 Å². The first-order chi connectivity index (χ1) is 15.5. The second-order valence-corrected chi connectivity index (χ2v) is 8.12. The summed E-state index contributed by atoms with van der Waals surface area (Å²) in [6, 6.07) is 13.3. The highest BCUT2D eigenvalue weighted by atomic mass is 16.5. The molecule has 1 aliphatic carbocycles. The molecule has 1 aromatic carbocycles. The molecule has 0 unspecified atom stereocenters. The summed E-state index contributed by atoms with van der Waals surface area (Å²) < 4.78 is 9.22. The van der Waals surface area contributed by atoms with Gasteiger partial charge < -0.3 is 19.2 Å². The number of nitrogens with one attached hydrogen (secondary N) is 1. The number of hydrogen-bond acceptors (Lipinski definition) is 4. The first-order valence-electron chi connectivity index (χ1n) is 10.8. The molecular formula is C25H26N4O3. The van der Waals surface area contributed by atoms with Gasteiger partial charge in [-0.2, -0.15) is 5.26 Å². The number of amides is 1. The Bertz CT molecular complexity index is 1160. The van der Waals surface area contributed by atoms with Gasteiger partial charge in [-0.25, -0.2) is 4.79 Å². The van der Waals surface area contributed by atoms with Crippen molar-refractivity contribution in [2.75, 3.05) is 11.9 Å². The Hall–Kier alpha value is -3.79. The van der Waals surface area contributed by atoms with Gasteiger partial charge in [0.2, 0.25) is 0 Å². The van der Waals surface area contributed by atoms with E-state index in [1.54, 1.807) is 12.1 Å². The molecule has 1 aliphatic rings. The van der Waals surface area contributed by atoms with Crippen LogP contribution in [0, 0.1) is 25.2 Å². The lowest BCUT2D eigenvalue weighted by atomic mass is 10.2. The van der Waals surface area contributed by atoms with Gasteiger partial charge in [-0.15, -0.1) is 0 Å². The Morgan fingerprint density at radius 3 is 2.41 bits per heavy atom. The second-order valence-electron chi connectivity index (χ2n) is 8.12. The molecule has 7 nitrogen and oxygen atoms in total. The van der Waals surface area contributed by atoms with Crippen LogP contribution in [0.4, 0.5) is 5.82 Å². The van der Waals surface area contributed by atoms with Gasteiger partial charge in [-0.1, -0.05) is 12.8 Å². The van der Waals surface area contributed by atoms with Gasteiger partial charge in [-0.05, 0) is 68.7 Å². The van der Waals surface area contributed by atoms with Crippen LogP contribution >= 0.6 is 0 Å². The molecule has 0 aliphatic heterocycles. The third kappa shape index (κ3) is 4.17. The minimum atomic E-state index is -0.571. The van der Waals surface area contributed by atoms with Gasteiger partial charge in [0.05, 0.1) is 11.1 Å². The quantitative estimate of drug-likeness (QED) is 0.575. The van der Waals surface area contributed by atoms with Crippen molar-refractivity contribution in [3.63, 3.8) is 0 Å². The lowest BCUT2D eigenvalue weighted by Gasteiger charge is -2.19. The van der Waals surface area contributed by atoms with Crippen LogP contribution < -0.4 is 5.32 Å². The minimum absolute atomic E-state index is 0.271. The Labute approximate surface area is 187 Å². The summed E-state index contributed by atoms with van der Waals surface area (Å²) in [5.74, 6) is -0.527. The van der Waals surface area contributed by atoms with Crippen molar-refractivity contribution in [1.29, 1.82) is 5.26 Å². The molecule has 1 N–H and O–H groups in total. The fourth-order valence-electron chi connectivity index (χ4n) is 4.36. The van der Waals surface area contributed by atoms with E-state index in [4.69, 9.17) is 4.74 Å². The predicted octanol–water partition coefficient (Wildman–Crippen LogP) is 4.68. The first-order valence-corrected chi connectivity index (χ1v) is 10.8. The summed E-state index contributed by atoms with van der Waals surface area (Å²) in [6.07, 6.45) is 8.15. The van der Waals surface area contributed by atoms with Crippen LogP contribution in [0.3, 0.4) is 0 Å². The van der Waals surface area contributed by atoms with Crippen LogP contribution in [-0.2, 0) is 9.53 Å². The minimum Gasteiger partial charge on any atom is -0.452 e. The molecule has 2 aromatic heterocycles. The van der Waals surface area contributed by atoms with Gasteiger partial charge in [0, 0.05) is 29.8 Å². The molecule has 0 bridgehead atoms. The first kappa shape index (κ1) is 21.4. The van der Waals surface area contributed by atoms with E-state index in [-0.39, 0.29) is 6.04 Å². The molecule has 3 aromatic rings. The number of carbonyl (C=O) groups excluding carboxylic acids is 2. The molecular weight excluding hydrogens is 404 g/mol. The average molecular weight is 431 g/mol. The molecule has 0 saturated heterocycles. The summed E-state index contributed by atoms with van der Waals surface area (Å²) in [6.45, 7) is 3.45. The van der Waals surface area contributed by atoms with Crippen LogP contribution in [0.15, 0.2) is 48.8 Å². The second kappa shape index (κ2) is 9.15. The topological polar surface area (TPSA) is 89.1 Å². The Morgan fingerprint density at radius 2 is 1.78 bits per heavy atom. The predicted molar refractivity (Wildman–Crippen MR) is 121 cm³/mol. The van der Waals surface area contributed by atoms with Gasteiger partial charge >= 0.3 is 5.97 Å². The lowest BCUT2D eigenvalue weighted by molar-refractivity contribution is -0.119. The Morgan fingerprint density at radius 1 is 1.12 bits per heavy atom. The average Bonchev–Trinajstić information content (AvgIpc) is 3.55. The number of hydrogen-bond donors (Lipinski definition) is 1. The van der Waals surface area contributed by atoms with E-state index in [1.165, 1.54) is 0 Å². The fraction of sp³-hybridized carbons (Fsp3) is 0.320. The number of rotatable bonds is 6. The number of esters is 1. The standard InChI is InChI=1S/C25H26N4O3/c1-17-18(2)29(21-7-3-4-8-21)24(22(17)15-26)27-23(30)16-32-25(31)19-9-11-20(12-10-19)28-13-5-6-14-28/h5-6,9-14,21H,3-4,7-8,16H2,1-2H3,(H,27,30). The molecule has 32 heavy (non-hydrogen) atoms. The maximum Gasteiger partial charge on any atom is 0.338 e. The largest absolute Gasteiger partial charge is 0.452 e. The van der Waals surface area contributed by atoms with Gasteiger partial charge in [0.15, 0.2) is 6.61 Å². The van der Waals surface area contributed by atoms with E-state index < -0.39 is 18.5 Å². The number of benzene rings is 1. The number of nitrogens with zero attached hydrogens (tertiary/aromatic N) is 3. The summed E-state index contributed by atoms with van der Waals surface area (Å²) in [5, 5.41) is 12.5. The summed E-state index contributed by atoms with van der Waals surface area (Å²) in [7, 11) is 0. The highest BCUT2D eigenvalue weighted by Crippen LogP contribution is 2.37. The molecule has 2 heterocycles. The molecule has 7 heteroatoms. The van der Waals surface area contributed by atoms with Crippen LogP contribution in [0.5, 0.6) is 0 Å². The van der Waals surface area contributed by atoms with E-state index in [0.717, 1.165) is 42.6 Å². The van der Waals surface area contributed by atoms with Crippen LogP contribution in [0.25, 0.3) is 5.69 Å². The van der Waals surface area contributed by atoms with E-state index in [0.29, 0.717) is 16.9 Å². The highest BCUT2D eigenvalue weighted by Gasteiger charge is 2.26. The maximum absolute atomic E-state index is 12.6. The van der Waals surface area contributed by atoms with Crippen LogP contribution in [-0.4, -0.2) is 27.6 Å². The van der Waals surface area contributed by atoms with E-state index in [1.807, 2.05) is 55.1 Å². The van der Waals surface area contributed by atoms with Crippen molar-refractivity contribution >= 4 is 17.7 Å². The summed E-state index contributed by atoms with van der Waals surface area (Å²) >= 11 is 0. The summed E-state index contributed by atoms with van der Waals surface area (Å²) in [5.41, 5.74) is 3.62. The number of carbonyl (C=O) groups is 2. The van der Waals surface area contributed by atoms with E-state index in [2.05, 4.69) is 16.0 Å². The Balaban J connectivity index is 1.42. The van der Waals surface area contributed by atoms with Crippen molar-refractivity contribution in [2.24, 2.45) is 0 Å². The number of nitriles is 1. The van der Waals surface area contributed by atoms with Crippen molar-refractivity contribution in [2.45, 2.75) is 45.6 Å². The third-order valence-electron chi connectivity index (χ3n) is 6.16. The van der Waals surface area contributed by atoms with Crippen molar-refractivity contribution < 1.29 is 14.3 Å². The zero-order valence-electron chi connectivity index (χ0n) is 18.3.